The Balaban J connectivity index is 3.15. The van der Waals surface area contributed by atoms with Crippen LogP contribution in [0.2, 0.25) is 5.15 Å². The zero-order valence-corrected chi connectivity index (χ0v) is 6.34. The number of rotatable bonds is 1. The third kappa shape index (κ3) is 1.90. The van der Waals surface area contributed by atoms with Crippen molar-refractivity contribution in [3.63, 3.8) is 0 Å². The number of aromatic nitrogens is 1. The molecule has 0 aliphatic rings. The molecule has 1 aromatic rings. The minimum Gasteiger partial charge on any atom is -0.390 e. The largest absolute Gasteiger partial charge is 0.390 e. The fraction of sp³-hybridized carbons (Fsp3) is 0.143. The number of pyridine rings is 1. The molecule has 0 bridgehead atoms. The zero-order valence-electron chi connectivity index (χ0n) is 5.58. The molecule has 1 heterocycles. The Morgan fingerprint density at radius 1 is 1.64 bits per heavy atom. The summed E-state index contributed by atoms with van der Waals surface area (Å²) in [7, 11) is 0. The normalized spacial score (nSPS) is 9.18. The standard InChI is InChI=1S/C7H5ClN2O/c8-7-2-5(3-9)1-6(4-11)10-7/h1-2,11H,4H2. The third-order valence-corrected chi connectivity index (χ3v) is 1.33. The molecule has 0 spiro atoms. The second kappa shape index (κ2) is 3.33. The molecule has 0 aliphatic carbocycles. The summed E-state index contributed by atoms with van der Waals surface area (Å²) in [4.78, 5) is 3.76. The number of hydrogen-bond donors (Lipinski definition) is 1. The third-order valence-electron chi connectivity index (χ3n) is 1.14. The van der Waals surface area contributed by atoms with Crippen molar-refractivity contribution >= 4 is 11.6 Å². The number of hydrogen-bond acceptors (Lipinski definition) is 3. The van der Waals surface area contributed by atoms with Crippen LogP contribution in [0.1, 0.15) is 11.3 Å². The first-order chi connectivity index (χ1) is 5.26. The summed E-state index contributed by atoms with van der Waals surface area (Å²) in [5, 5.41) is 17.3. The van der Waals surface area contributed by atoms with Gasteiger partial charge in [0.15, 0.2) is 0 Å². The van der Waals surface area contributed by atoms with Gasteiger partial charge in [-0.15, -0.1) is 0 Å². The maximum Gasteiger partial charge on any atom is 0.130 e. The second-order valence-electron chi connectivity index (χ2n) is 1.94. The fourth-order valence-corrected chi connectivity index (χ4v) is 0.923. The molecule has 3 nitrogen and oxygen atoms in total. The molecule has 0 aliphatic heterocycles. The average molecular weight is 169 g/mol. The number of aliphatic hydroxyl groups excluding tert-OH is 1. The highest BCUT2D eigenvalue weighted by Crippen LogP contribution is 2.09. The highest BCUT2D eigenvalue weighted by atomic mass is 35.5. The van der Waals surface area contributed by atoms with Crippen LogP contribution in [0.15, 0.2) is 12.1 Å². The first-order valence-electron chi connectivity index (χ1n) is 2.93. The van der Waals surface area contributed by atoms with Crippen molar-refractivity contribution in [2.24, 2.45) is 0 Å². The molecular formula is C7H5ClN2O. The molecule has 1 rings (SSSR count). The molecule has 4 heteroatoms. The smallest absolute Gasteiger partial charge is 0.130 e. The van der Waals surface area contributed by atoms with Crippen LogP contribution in [0, 0.1) is 11.3 Å². The lowest BCUT2D eigenvalue weighted by atomic mass is 10.2. The SMILES string of the molecule is N#Cc1cc(Cl)nc(CO)c1. The van der Waals surface area contributed by atoms with Crippen molar-refractivity contribution < 1.29 is 5.11 Å². The van der Waals surface area contributed by atoms with E-state index in [0.29, 0.717) is 11.3 Å². The van der Waals surface area contributed by atoms with E-state index in [9.17, 15) is 0 Å². The topological polar surface area (TPSA) is 56.9 Å². The predicted molar refractivity (Wildman–Crippen MR) is 39.9 cm³/mol. The van der Waals surface area contributed by atoms with E-state index < -0.39 is 0 Å². The van der Waals surface area contributed by atoms with E-state index in [1.807, 2.05) is 6.07 Å². The quantitative estimate of drug-likeness (QED) is 0.639. The fourth-order valence-electron chi connectivity index (χ4n) is 0.697. The Morgan fingerprint density at radius 3 is 2.91 bits per heavy atom. The second-order valence-corrected chi connectivity index (χ2v) is 2.33. The Kier molecular flexibility index (Phi) is 2.42. The van der Waals surface area contributed by atoms with Gasteiger partial charge >= 0.3 is 0 Å². The van der Waals surface area contributed by atoms with E-state index in [1.165, 1.54) is 12.1 Å². The summed E-state index contributed by atoms with van der Waals surface area (Å²) in [5.74, 6) is 0. The van der Waals surface area contributed by atoms with E-state index in [-0.39, 0.29) is 11.8 Å². The van der Waals surface area contributed by atoms with Crippen molar-refractivity contribution in [1.82, 2.24) is 4.98 Å². The van der Waals surface area contributed by atoms with Crippen LogP contribution in [0.25, 0.3) is 0 Å². The van der Waals surface area contributed by atoms with Crippen LogP contribution in [0.4, 0.5) is 0 Å². The molecule has 0 amide bonds. The summed E-state index contributed by atoms with van der Waals surface area (Å²) in [6.45, 7) is -0.199. The van der Waals surface area contributed by atoms with Gasteiger partial charge in [0.25, 0.3) is 0 Å². The van der Waals surface area contributed by atoms with Crippen LogP contribution >= 0.6 is 11.6 Å². The van der Waals surface area contributed by atoms with Gasteiger partial charge in [-0.05, 0) is 12.1 Å². The predicted octanol–water partition coefficient (Wildman–Crippen LogP) is 1.10. The van der Waals surface area contributed by atoms with E-state index in [2.05, 4.69) is 4.98 Å². The Bertz CT molecular complexity index is 306. The van der Waals surface area contributed by atoms with Gasteiger partial charge in [0.05, 0.1) is 23.9 Å². The summed E-state index contributed by atoms with van der Waals surface area (Å²) in [6.07, 6.45) is 0. The van der Waals surface area contributed by atoms with Crippen LogP contribution in [0.5, 0.6) is 0 Å². The number of nitriles is 1. The van der Waals surface area contributed by atoms with Crippen LogP contribution in [0.3, 0.4) is 0 Å². The van der Waals surface area contributed by atoms with Crippen LogP contribution in [-0.2, 0) is 6.61 Å². The minimum atomic E-state index is -0.199. The first kappa shape index (κ1) is 7.99. The van der Waals surface area contributed by atoms with Crippen LogP contribution in [-0.4, -0.2) is 10.1 Å². The highest BCUT2D eigenvalue weighted by Gasteiger charge is 1.98. The molecule has 1 N–H and O–H groups in total. The summed E-state index contributed by atoms with van der Waals surface area (Å²) < 4.78 is 0. The molecule has 0 unspecified atom stereocenters. The monoisotopic (exact) mass is 168 g/mol. The van der Waals surface area contributed by atoms with Crippen molar-refractivity contribution in [3.05, 3.63) is 28.5 Å². The lowest BCUT2D eigenvalue weighted by molar-refractivity contribution is 0.277. The molecule has 0 aromatic carbocycles. The summed E-state index contributed by atoms with van der Waals surface area (Å²) in [6, 6.07) is 4.84. The van der Waals surface area contributed by atoms with E-state index >= 15 is 0 Å². The number of halogens is 1. The molecule has 0 radical (unpaired) electrons. The van der Waals surface area contributed by atoms with E-state index in [1.54, 1.807) is 0 Å². The van der Waals surface area contributed by atoms with Crippen LogP contribution < -0.4 is 0 Å². The van der Waals surface area contributed by atoms with Gasteiger partial charge in [-0.2, -0.15) is 5.26 Å². The highest BCUT2D eigenvalue weighted by molar-refractivity contribution is 6.29. The molecule has 0 saturated carbocycles. The molecule has 56 valence electrons. The van der Waals surface area contributed by atoms with Crippen molar-refractivity contribution in [2.75, 3.05) is 0 Å². The molecule has 1 aromatic heterocycles. The average Bonchev–Trinajstić information content (AvgIpc) is 2.03. The van der Waals surface area contributed by atoms with E-state index in [4.69, 9.17) is 22.0 Å². The maximum atomic E-state index is 8.65. The van der Waals surface area contributed by atoms with Gasteiger partial charge in [-0.3, -0.25) is 0 Å². The molecule has 0 saturated heterocycles. The lowest BCUT2D eigenvalue weighted by Crippen LogP contribution is -1.90. The van der Waals surface area contributed by atoms with Gasteiger partial charge in [0, 0.05) is 0 Å². The minimum absolute atomic E-state index is 0.199. The summed E-state index contributed by atoms with van der Waals surface area (Å²) >= 11 is 5.53. The summed E-state index contributed by atoms with van der Waals surface area (Å²) in [5.41, 5.74) is 0.822. The maximum absolute atomic E-state index is 8.65. The van der Waals surface area contributed by atoms with Gasteiger partial charge < -0.3 is 5.11 Å². The molecule has 11 heavy (non-hydrogen) atoms. The van der Waals surface area contributed by atoms with Gasteiger partial charge in [-0.1, -0.05) is 11.6 Å². The Hall–Kier alpha value is -1.11. The van der Waals surface area contributed by atoms with Crippen molar-refractivity contribution in [2.45, 2.75) is 6.61 Å². The van der Waals surface area contributed by atoms with E-state index in [0.717, 1.165) is 0 Å². The first-order valence-corrected chi connectivity index (χ1v) is 3.31. The van der Waals surface area contributed by atoms with Gasteiger partial charge in [0.2, 0.25) is 0 Å². The lowest BCUT2D eigenvalue weighted by Gasteiger charge is -1.95. The molecule has 0 fully saturated rings. The molecule has 0 atom stereocenters. The van der Waals surface area contributed by atoms with Gasteiger partial charge in [-0.25, -0.2) is 4.98 Å². The zero-order chi connectivity index (χ0) is 8.27. The van der Waals surface area contributed by atoms with Crippen molar-refractivity contribution in [3.8, 4) is 6.07 Å². The Labute approximate surface area is 68.9 Å². The number of nitrogens with zero attached hydrogens (tertiary/aromatic N) is 2. The van der Waals surface area contributed by atoms with Crippen molar-refractivity contribution in [1.29, 1.82) is 5.26 Å². The Morgan fingerprint density at radius 2 is 2.36 bits per heavy atom. The number of aliphatic hydroxyl groups is 1. The van der Waals surface area contributed by atoms with Gasteiger partial charge in [0.1, 0.15) is 5.15 Å². The molecular weight excluding hydrogens is 164 g/mol.